The molecule has 7 nitrogen and oxygen atoms in total. The molecule has 0 heterocycles. The van der Waals surface area contributed by atoms with Gasteiger partial charge in [-0.1, -0.05) is 6.92 Å². The Kier molecular flexibility index (Phi) is 6.45. The van der Waals surface area contributed by atoms with E-state index in [4.69, 9.17) is 4.74 Å². The highest BCUT2D eigenvalue weighted by atomic mass is 16.6. The van der Waals surface area contributed by atoms with E-state index >= 15 is 0 Å². The molecular weight excluding hydrogens is 262 g/mol. The van der Waals surface area contributed by atoms with Crippen molar-refractivity contribution in [1.29, 1.82) is 0 Å². The van der Waals surface area contributed by atoms with Gasteiger partial charge in [-0.2, -0.15) is 0 Å². The number of ether oxygens (including phenoxy) is 1. The predicted octanol–water partition coefficient (Wildman–Crippen LogP) is 1.93. The molecule has 2 N–H and O–H groups in total. The second-order valence-electron chi connectivity index (χ2n) is 4.02. The maximum Gasteiger partial charge on any atom is 0.296 e. The molecule has 1 aromatic rings. The van der Waals surface area contributed by atoms with Crippen molar-refractivity contribution >= 4 is 17.3 Å². The molecule has 0 aliphatic rings. The van der Waals surface area contributed by atoms with E-state index in [0.717, 1.165) is 6.54 Å². The van der Waals surface area contributed by atoms with Crippen molar-refractivity contribution in [3.63, 3.8) is 0 Å². The molecule has 0 aliphatic carbocycles. The summed E-state index contributed by atoms with van der Waals surface area (Å²) in [7, 11) is 0. The number of rotatable bonds is 8. The molecule has 1 amide bonds. The van der Waals surface area contributed by atoms with Gasteiger partial charge in [0.05, 0.1) is 17.6 Å². The van der Waals surface area contributed by atoms with Crippen LogP contribution in [0.3, 0.4) is 0 Å². The van der Waals surface area contributed by atoms with Crippen LogP contribution in [0.1, 0.15) is 20.3 Å². The lowest BCUT2D eigenvalue weighted by molar-refractivity contribution is -0.384. The minimum Gasteiger partial charge on any atom is -0.494 e. The number of nitro groups is 1. The molecular formula is C13H19N3O4. The Labute approximate surface area is 117 Å². The number of amides is 1. The largest absolute Gasteiger partial charge is 0.494 e. The Balaban J connectivity index is 2.78. The number of carbonyl (C=O) groups excluding carboxylic acids is 1. The van der Waals surface area contributed by atoms with Crippen molar-refractivity contribution < 1.29 is 14.5 Å². The zero-order valence-corrected chi connectivity index (χ0v) is 11.6. The standard InChI is InChI=1S/C13H19N3O4/c1-3-14-8-7-13(17)15-11-6-5-10(20-4-2)9-12(11)16(18)19/h5-6,9,14H,3-4,7-8H2,1-2H3,(H,15,17). The third kappa shape index (κ3) is 4.85. The molecule has 0 atom stereocenters. The smallest absolute Gasteiger partial charge is 0.296 e. The summed E-state index contributed by atoms with van der Waals surface area (Å²) in [6.45, 7) is 5.46. The summed E-state index contributed by atoms with van der Waals surface area (Å²) < 4.78 is 5.21. The summed E-state index contributed by atoms with van der Waals surface area (Å²) in [5.41, 5.74) is 0.00713. The highest BCUT2D eigenvalue weighted by Gasteiger charge is 2.17. The van der Waals surface area contributed by atoms with Gasteiger partial charge in [0.25, 0.3) is 5.69 Å². The normalized spacial score (nSPS) is 10.1. The second-order valence-corrected chi connectivity index (χ2v) is 4.02. The minimum absolute atomic E-state index is 0.173. The summed E-state index contributed by atoms with van der Waals surface area (Å²) in [5, 5.41) is 16.6. The number of carbonyl (C=O) groups is 1. The van der Waals surface area contributed by atoms with Crippen molar-refractivity contribution in [2.45, 2.75) is 20.3 Å². The first kappa shape index (κ1) is 15.9. The lowest BCUT2D eigenvalue weighted by atomic mass is 10.2. The van der Waals surface area contributed by atoms with Gasteiger partial charge in [0, 0.05) is 13.0 Å². The number of nitrogens with one attached hydrogen (secondary N) is 2. The number of hydrogen-bond donors (Lipinski definition) is 2. The van der Waals surface area contributed by atoms with E-state index in [1.807, 2.05) is 6.92 Å². The van der Waals surface area contributed by atoms with Crippen molar-refractivity contribution in [3.8, 4) is 5.75 Å². The quantitative estimate of drug-likeness (QED) is 0.431. The highest BCUT2D eigenvalue weighted by molar-refractivity contribution is 5.93. The average Bonchev–Trinajstić information content (AvgIpc) is 2.41. The van der Waals surface area contributed by atoms with Crippen LogP contribution in [0.2, 0.25) is 0 Å². The Bertz CT molecular complexity index is 477. The third-order valence-corrected chi connectivity index (χ3v) is 2.53. The first-order valence-corrected chi connectivity index (χ1v) is 6.50. The first-order valence-electron chi connectivity index (χ1n) is 6.50. The zero-order valence-electron chi connectivity index (χ0n) is 11.6. The van der Waals surface area contributed by atoms with Crippen LogP contribution in [-0.4, -0.2) is 30.5 Å². The second kappa shape index (κ2) is 8.11. The van der Waals surface area contributed by atoms with Crippen LogP contribution in [0, 0.1) is 10.1 Å². The number of hydrogen-bond acceptors (Lipinski definition) is 5. The molecule has 0 unspecified atom stereocenters. The van der Waals surface area contributed by atoms with Gasteiger partial charge in [0.15, 0.2) is 0 Å². The van der Waals surface area contributed by atoms with Crippen LogP contribution in [0.15, 0.2) is 18.2 Å². The van der Waals surface area contributed by atoms with Crippen molar-refractivity contribution in [2.75, 3.05) is 25.0 Å². The molecule has 7 heteroatoms. The molecule has 0 bridgehead atoms. The number of anilines is 1. The van der Waals surface area contributed by atoms with Crippen LogP contribution in [0.5, 0.6) is 5.75 Å². The van der Waals surface area contributed by atoms with Crippen LogP contribution in [-0.2, 0) is 4.79 Å². The molecule has 0 saturated carbocycles. The molecule has 0 aromatic heterocycles. The van der Waals surface area contributed by atoms with Gasteiger partial charge in [-0.25, -0.2) is 0 Å². The topological polar surface area (TPSA) is 93.5 Å². The summed E-state index contributed by atoms with van der Waals surface area (Å²) >= 11 is 0. The molecule has 0 saturated heterocycles. The molecule has 1 rings (SSSR count). The molecule has 1 aromatic carbocycles. The summed E-state index contributed by atoms with van der Waals surface area (Å²) in [4.78, 5) is 22.1. The zero-order chi connectivity index (χ0) is 15.0. The predicted molar refractivity (Wildman–Crippen MR) is 76.1 cm³/mol. The summed E-state index contributed by atoms with van der Waals surface area (Å²) in [6, 6.07) is 4.38. The highest BCUT2D eigenvalue weighted by Crippen LogP contribution is 2.29. The van der Waals surface area contributed by atoms with Gasteiger partial charge < -0.3 is 15.4 Å². The molecule has 110 valence electrons. The number of benzene rings is 1. The SMILES string of the molecule is CCNCCC(=O)Nc1ccc(OCC)cc1[N+](=O)[O-]. The van der Waals surface area contributed by atoms with Crippen LogP contribution >= 0.6 is 0 Å². The van der Waals surface area contributed by atoms with Gasteiger partial charge in [-0.15, -0.1) is 0 Å². The van der Waals surface area contributed by atoms with Gasteiger partial charge >= 0.3 is 0 Å². The number of nitro benzene ring substituents is 1. The Hall–Kier alpha value is -2.15. The van der Waals surface area contributed by atoms with Crippen molar-refractivity contribution in [2.24, 2.45) is 0 Å². The van der Waals surface area contributed by atoms with Crippen LogP contribution < -0.4 is 15.4 Å². The Morgan fingerprint density at radius 2 is 2.15 bits per heavy atom. The van der Waals surface area contributed by atoms with E-state index in [2.05, 4.69) is 10.6 Å². The van der Waals surface area contributed by atoms with Gasteiger partial charge in [0.2, 0.25) is 5.91 Å². The Morgan fingerprint density at radius 1 is 1.40 bits per heavy atom. The molecule has 0 spiro atoms. The third-order valence-electron chi connectivity index (χ3n) is 2.53. The van der Waals surface area contributed by atoms with Crippen molar-refractivity contribution in [1.82, 2.24) is 5.32 Å². The maximum atomic E-state index is 11.7. The fourth-order valence-electron chi connectivity index (χ4n) is 1.62. The fraction of sp³-hybridized carbons (Fsp3) is 0.462. The average molecular weight is 281 g/mol. The van der Waals surface area contributed by atoms with Crippen LogP contribution in [0.25, 0.3) is 0 Å². The minimum atomic E-state index is -0.539. The van der Waals surface area contributed by atoms with E-state index < -0.39 is 4.92 Å². The maximum absolute atomic E-state index is 11.7. The van der Waals surface area contributed by atoms with E-state index in [-0.39, 0.29) is 23.7 Å². The van der Waals surface area contributed by atoms with Gasteiger partial charge in [-0.3, -0.25) is 14.9 Å². The first-order chi connectivity index (χ1) is 9.58. The van der Waals surface area contributed by atoms with E-state index in [9.17, 15) is 14.9 Å². The van der Waals surface area contributed by atoms with E-state index in [1.54, 1.807) is 13.0 Å². The van der Waals surface area contributed by atoms with Crippen LogP contribution in [0.4, 0.5) is 11.4 Å². The van der Waals surface area contributed by atoms with Gasteiger partial charge in [0.1, 0.15) is 11.4 Å². The summed E-state index contributed by atoms with van der Waals surface area (Å²) in [6.07, 6.45) is 0.262. The Morgan fingerprint density at radius 3 is 2.75 bits per heavy atom. The van der Waals surface area contributed by atoms with Gasteiger partial charge in [-0.05, 0) is 25.6 Å². The van der Waals surface area contributed by atoms with E-state index in [1.165, 1.54) is 12.1 Å². The summed E-state index contributed by atoms with van der Waals surface area (Å²) in [5.74, 6) is 0.142. The molecule has 0 aliphatic heterocycles. The lowest BCUT2D eigenvalue weighted by Gasteiger charge is -2.08. The molecule has 20 heavy (non-hydrogen) atoms. The van der Waals surface area contributed by atoms with Crippen molar-refractivity contribution in [3.05, 3.63) is 28.3 Å². The molecule has 0 fully saturated rings. The van der Waals surface area contributed by atoms with E-state index in [0.29, 0.717) is 18.9 Å². The number of nitrogens with zero attached hydrogens (tertiary/aromatic N) is 1. The monoisotopic (exact) mass is 281 g/mol. The fourth-order valence-corrected chi connectivity index (χ4v) is 1.62. The molecule has 0 radical (unpaired) electrons. The lowest BCUT2D eigenvalue weighted by Crippen LogP contribution is -2.21.